The summed E-state index contributed by atoms with van der Waals surface area (Å²) in [7, 11) is 2.82. The number of ether oxygens (including phenoxy) is 2. The van der Waals surface area contributed by atoms with Crippen LogP contribution < -0.4 is 0 Å². The fourth-order valence-electron chi connectivity index (χ4n) is 11.3. The Kier molecular flexibility index (Phi) is 6.54. The molecule has 4 saturated carbocycles. The van der Waals surface area contributed by atoms with Gasteiger partial charge in [-0.3, -0.25) is 9.59 Å². The Labute approximate surface area is 233 Å². The molecule has 5 aliphatic carbocycles. The van der Waals surface area contributed by atoms with Gasteiger partial charge in [0.2, 0.25) is 0 Å². The van der Waals surface area contributed by atoms with Crippen molar-refractivity contribution in [1.82, 2.24) is 0 Å². The lowest BCUT2D eigenvalue weighted by atomic mass is 9.33. The molecule has 0 saturated heterocycles. The molecule has 4 fully saturated rings. The highest BCUT2D eigenvalue weighted by Crippen LogP contribution is 2.76. The van der Waals surface area contributed by atoms with E-state index >= 15 is 0 Å². The van der Waals surface area contributed by atoms with Crippen LogP contribution in [0.3, 0.4) is 0 Å². The number of carbonyl (C=O) groups is 2. The number of aliphatic hydroxyl groups excluding tert-OH is 2. The van der Waals surface area contributed by atoms with Gasteiger partial charge in [-0.1, -0.05) is 39.3 Å². The van der Waals surface area contributed by atoms with E-state index in [1.54, 1.807) is 6.92 Å². The fourth-order valence-corrected chi connectivity index (χ4v) is 11.3. The van der Waals surface area contributed by atoms with Crippen LogP contribution in [0, 0.1) is 50.7 Å². The predicted molar refractivity (Wildman–Crippen MR) is 146 cm³/mol. The molecule has 7 nitrogen and oxygen atoms in total. The first-order valence-electron chi connectivity index (χ1n) is 15.0. The molecule has 0 aromatic heterocycles. The van der Waals surface area contributed by atoms with Crippen molar-refractivity contribution in [3.8, 4) is 0 Å². The van der Waals surface area contributed by atoms with E-state index < -0.39 is 40.0 Å². The maximum Gasteiger partial charge on any atom is 0.314 e. The van der Waals surface area contributed by atoms with E-state index in [-0.39, 0.29) is 40.5 Å². The van der Waals surface area contributed by atoms with Gasteiger partial charge in [0.15, 0.2) is 0 Å². The number of aliphatic hydroxyl groups is 3. The zero-order valence-corrected chi connectivity index (χ0v) is 25.2. The predicted octanol–water partition coefficient (Wildman–Crippen LogP) is 4.42. The lowest BCUT2D eigenvalue weighted by Gasteiger charge is -2.71. The van der Waals surface area contributed by atoms with E-state index in [4.69, 9.17) is 9.47 Å². The Morgan fingerprint density at radius 1 is 0.897 bits per heavy atom. The summed E-state index contributed by atoms with van der Waals surface area (Å²) in [6.07, 6.45) is 5.87. The summed E-state index contributed by atoms with van der Waals surface area (Å²) in [5.41, 5.74) is -2.62. The summed E-state index contributed by atoms with van der Waals surface area (Å²) in [6, 6.07) is 0. The van der Waals surface area contributed by atoms with Crippen molar-refractivity contribution in [3.05, 3.63) is 11.6 Å². The van der Waals surface area contributed by atoms with Gasteiger partial charge in [-0.05, 0) is 99.2 Å². The molecule has 5 rings (SSSR count). The van der Waals surface area contributed by atoms with Crippen LogP contribution in [0.1, 0.15) is 92.9 Å². The zero-order valence-electron chi connectivity index (χ0n) is 25.2. The van der Waals surface area contributed by atoms with Gasteiger partial charge in [0, 0.05) is 5.92 Å². The molecule has 0 aromatic rings. The van der Waals surface area contributed by atoms with Crippen molar-refractivity contribution >= 4 is 11.9 Å². The maximum absolute atomic E-state index is 13.5. The molecule has 12 unspecified atom stereocenters. The first-order valence-corrected chi connectivity index (χ1v) is 15.0. The molecule has 0 aromatic carbocycles. The molecule has 220 valence electrons. The third-order valence-corrected chi connectivity index (χ3v) is 13.9. The monoisotopic (exact) mass is 546 g/mol. The molecule has 12 atom stereocenters. The van der Waals surface area contributed by atoms with Gasteiger partial charge in [-0.2, -0.15) is 0 Å². The molecule has 0 amide bonds. The van der Waals surface area contributed by atoms with Crippen LogP contribution in [0.15, 0.2) is 11.6 Å². The molecule has 0 spiro atoms. The summed E-state index contributed by atoms with van der Waals surface area (Å²) in [6.45, 7) is 12.7. The first-order chi connectivity index (χ1) is 18.0. The third kappa shape index (κ3) is 3.33. The molecule has 7 heteroatoms. The highest BCUT2D eigenvalue weighted by molar-refractivity contribution is 5.79. The van der Waals surface area contributed by atoms with Crippen LogP contribution >= 0.6 is 0 Å². The number of methoxy groups -OCH3 is 2. The average molecular weight is 547 g/mol. The number of hydrogen-bond donors (Lipinski definition) is 3. The Morgan fingerprint density at radius 2 is 1.54 bits per heavy atom. The average Bonchev–Trinajstić information content (AvgIpc) is 2.88. The van der Waals surface area contributed by atoms with E-state index in [0.717, 1.165) is 38.5 Å². The van der Waals surface area contributed by atoms with Crippen LogP contribution in [0.5, 0.6) is 0 Å². The van der Waals surface area contributed by atoms with Gasteiger partial charge in [-0.25, -0.2) is 0 Å². The molecule has 3 N–H and O–H groups in total. The number of hydrogen-bond acceptors (Lipinski definition) is 7. The Hall–Kier alpha value is -1.44. The Balaban J connectivity index is 1.65. The summed E-state index contributed by atoms with van der Waals surface area (Å²) >= 11 is 0. The second-order valence-electron chi connectivity index (χ2n) is 15.0. The number of fused-ring (bicyclic) bond motifs is 7. The molecular formula is C32H50O7. The summed E-state index contributed by atoms with van der Waals surface area (Å²) in [5, 5.41) is 34.4. The van der Waals surface area contributed by atoms with Gasteiger partial charge in [-0.15, -0.1) is 0 Å². The Bertz CT molecular complexity index is 1080. The molecule has 5 aliphatic rings. The SMILES string of the molecule is COC(=O)C12CCC(C)C(C)(O)C1C1=CCC3C4(C)CC(O)C(O)C(C)(C(=O)OC)C4CCC3(C)C1(C)CC2. The summed E-state index contributed by atoms with van der Waals surface area (Å²) in [4.78, 5) is 26.7. The van der Waals surface area contributed by atoms with E-state index in [1.165, 1.54) is 19.8 Å². The standard InChI is InChI=1S/C32H50O7/c1-18-11-14-32(26(36)39-8)16-15-28(3)19(23(32)31(18,6)37)9-10-21-27(2)17-20(33)24(34)30(5,25(35)38-7)22(27)12-13-29(21,28)4/h9,18,20-24,33-34,37H,10-17H2,1-8H3. The molecule has 0 radical (unpaired) electrons. The minimum atomic E-state index is -1.19. The van der Waals surface area contributed by atoms with Gasteiger partial charge < -0.3 is 24.8 Å². The molecule has 0 heterocycles. The van der Waals surface area contributed by atoms with Gasteiger partial charge in [0.05, 0.1) is 42.9 Å². The smallest absolute Gasteiger partial charge is 0.314 e. The van der Waals surface area contributed by atoms with Gasteiger partial charge >= 0.3 is 11.9 Å². The number of rotatable bonds is 2. The van der Waals surface area contributed by atoms with Crippen molar-refractivity contribution < 1.29 is 34.4 Å². The van der Waals surface area contributed by atoms with Crippen LogP contribution in [-0.2, 0) is 19.1 Å². The van der Waals surface area contributed by atoms with E-state index in [9.17, 15) is 24.9 Å². The number of carbonyl (C=O) groups excluding carboxylic acids is 2. The second kappa shape index (κ2) is 8.78. The number of allylic oxidation sites excluding steroid dienone is 1. The van der Waals surface area contributed by atoms with Gasteiger partial charge in [0.1, 0.15) is 0 Å². The van der Waals surface area contributed by atoms with Crippen molar-refractivity contribution in [3.63, 3.8) is 0 Å². The van der Waals surface area contributed by atoms with Crippen LogP contribution in [0.2, 0.25) is 0 Å². The van der Waals surface area contributed by atoms with Crippen LogP contribution in [-0.4, -0.2) is 59.3 Å². The summed E-state index contributed by atoms with van der Waals surface area (Å²) in [5.74, 6) is -0.910. The highest BCUT2D eigenvalue weighted by Gasteiger charge is 2.73. The van der Waals surface area contributed by atoms with E-state index in [0.29, 0.717) is 12.8 Å². The topological polar surface area (TPSA) is 113 Å². The molecule has 0 bridgehead atoms. The molecular weight excluding hydrogens is 496 g/mol. The minimum absolute atomic E-state index is 0.0538. The maximum atomic E-state index is 13.5. The van der Waals surface area contributed by atoms with Crippen molar-refractivity contribution in [2.24, 2.45) is 50.7 Å². The minimum Gasteiger partial charge on any atom is -0.469 e. The van der Waals surface area contributed by atoms with Gasteiger partial charge in [0.25, 0.3) is 0 Å². The Morgan fingerprint density at radius 3 is 2.15 bits per heavy atom. The number of esters is 2. The molecule has 0 aliphatic heterocycles. The normalized spacial score (nSPS) is 54.7. The largest absolute Gasteiger partial charge is 0.469 e. The van der Waals surface area contributed by atoms with Crippen molar-refractivity contribution in [1.29, 1.82) is 0 Å². The zero-order chi connectivity index (χ0) is 29.0. The quantitative estimate of drug-likeness (QED) is 0.347. The van der Waals surface area contributed by atoms with E-state index in [2.05, 4.69) is 33.8 Å². The van der Waals surface area contributed by atoms with Crippen LogP contribution in [0.25, 0.3) is 0 Å². The highest BCUT2D eigenvalue weighted by atomic mass is 16.5. The first kappa shape index (κ1) is 29.1. The molecule has 39 heavy (non-hydrogen) atoms. The fraction of sp³-hybridized carbons (Fsp3) is 0.875. The lowest BCUT2D eigenvalue weighted by Crippen LogP contribution is -2.70. The van der Waals surface area contributed by atoms with E-state index in [1.807, 2.05) is 6.92 Å². The summed E-state index contributed by atoms with van der Waals surface area (Å²) < 4.78 is 10.6. The lowest BCUT2D eigenvalue weighted by molar-refractivity contribution is -0.244. The second-order valence-corrected chi connectivity index (χ2v) is 15.0. The van der Waals surface area contributed by atoms with Crippen LogP contribution in [0.4, 0.5) is 0 Å². The van der Waals surface area contributed by atoms with Crippen molar-refractivity contribution in [2.45, 2.75) is 111 Å². The third-order valence-electron chi connectivity index (χ3n) is 13.9. The van der Waals surface area contributed by atoms with Crippen molar-refractivity contribution in [2.75, 3.05) is 14.2 Å².